The third-order valence-corrected chi connectivity index (χ3v) is 4.84. The summed E-state index contributed by atoms with van der Waals surface area (Å²) in [6.45, 7) is 2.03. The molecule has 27 heavy (non-hydrogen) atoms. The minimum absolute atomic E-state index is 0.284. The number of hydrogen-bond donors (Lipinski definition) is 1. The van der Waals surface area contributed by atoms with Crippen molar-refractivity contribution in [1.82, 2.24) is 9.38 Å². The Morgan fingerprint density at radius 1 is 1.07 bits per heavy atom. The van der Waals surface area contributed by atoms with Gasteiger partial charge in [0.15, 0.2) is 0 Å². The maximum atomic E-state index is 12.4. The number of nitrogens with one attached hydrogen (secondary N) is 1. The second kappa shape index (κ2) is 7.06. The van der Waals surface area contributed by atoms with E-state index in [0.717, 1.165) is 22.5 Å². The zero-order valence-electron chi connectivity index (χ0n) is 14.4. The van der Waals surface area contributed by atoms with E-state index in [1.807, 2.05) is 60.1 Å². The molecule has 0 unspecified atom stereocenters. The Labute approximate surface area is 166 Å². The number of benzene rings is 2. The van der Waals surface area contributed by atoms with E-state index in [1.54, 1.807) is 18.2 Å². The molecule has 0 spiro atoms. The smallest absolute Gasteiger partial charge is 0.257 e. The van der Waals surface area contributed by atoms with E-state index in [0.29, 0.717) is 21.3 Å². The molecule has 0 radical (unpaired) electrons. The number of rotatable bonds is 3. The summed E-state index contributed by atoms with van der Waals surface area (Å²) >= 11 is 12.0. The molecule has 0 bridgehead atoms. The van der Waals surface area contributed by atoms with Crippen molar-refractivity contribution in [2.24, 2.45) is 0 Å². The summed E-state index contributed by atoms with van der Waals surface area (Å²) < 4.78 is 2.00. The van der Waals surface area contributed by atoms with Crippen LogP contribution in [0, 0.1) is 6.92 Å². The largest absolute Gasteiger partial charge is 0.322 e. The van der Waals surface area contributed by atoms with Gasteiger partial charge in [-0.05, 0) is 48.9 Å². The first-order chi connectivity index (χ1) is 13.0. The van der Waals surface area contributed by atoms with Gasteiger partial charge < -0.3 is 9.72 Å². The van der Waals surface area contributed by atoms with Crippen molar-refractivity contribution in [2.75, 3.05) is 5.32 Å². The van der Waals surface area contributed by atoms with E-state index < -0.39 is 0 Å². The Kier molecular flexibility index (Phi) is 4.60. The average molecular weight is 396 g/mol. The van der Waals surface area contributed by atoms with Gasteiger partial charge in [0, 0.05) is 28.7 Å². The maximum absolute atomic E-state index is 12.4. The molecule has 2 heterocycles. The minimum atomic E-state index is -0.284. The van der Waals surface area contributed by atoms with E-state index in [-0.39, 0.29) is 5.91 Å². The van der Waals surface area contributed by atoms with Crippen molar-refractivity contribution >= 4 is 40.4 Å². The molecule has 4 aromatic rings. The van der Waals surface area contributed by atoms with Crippen LogP contribution in [0.3, 0.4) is 0 Å². The predicted molar refractivity (Wildman–Crippen MR) is 110 cm³/mol. The first kappa shape index (κ1) is 17.6. The number of aryl methyl sites for hydroxylation is 1. The number of nitrogens with zero attached hydrogens (tertiary/aromatic N) is 2. The molecule has 0 saturated carbocycles. The molecular formula is C21H15Cl2N3O. The molecule has 0 atom stereocenters. The molecule has 0 saturated heterocycles. The van der Waals surface area contributed by atoms with Crippen LogP contribution in [0.2, 0.25) is 10.0 Å². The third-order valence-electron chi connectivity index (χ3n) is 4.29. The monoisotopic (exact) mass is 395 g/mol. The number of pyridine rings is 1. The van der Waals surface area contributed by atoms with Crippen molar-refractivity contribution in [3.63, 3.8) is 0 Å². The lowest BCUT2D eigenvalue weighted by Gasteiger charge is -2.07. The van der Waals surface area contributed by atoms with Crippen molar-refractivity contribution in [1.29, 1.82) is 0 Å². The summed E-state index contributed by atoms with van der Waals surface area (Å²) in [5.74, 6) is -0.284. The number of amides is 1. The van der Waals surface area contributed by atoms with Crippen molar-refractivity contribution < 1.29 is 4.79 Å². The van der Waals surface area contributed by atoms with Gasteiger partial charge in [0.2, 0.25) is 0 Å². The molecule has 0 aliphatic rings. The van der Waals surface area contributed by atoms with Crippen molar-refractivity contribution in [2.45, 2.75) is 6.92 Å². The Balaban J connectivity index is 1.56. The summed E-state index contributed by atoms with van der Waals surface area (Å²) in [4.78, 5) is 17.1. The second-order valence-electron chi connectivity index (χ2n) is 6.20. The van der Waals surface area contributed by atoms with Gasteiger partial charge in [0.05, 0.1) is 16.3 Å². The summed E-state index contributed by atoms with van der Waals surface area (Å²) in [5.41, 5.74) is 4.95. The van der Waals surface area contributed by atoms with Crippen molar-refractivity contribution in [3.05, 3.63) is 88.2 Å². The normalized spacial score (nSPS) is 10.9. The SMILES string of the molecule is Cc1cccn2cc(-c3ccc(NC(=O)c4ccc(Cl)cc4Cl)cc3)nc12. The molecule has 134 valence electrons. The topological polar surface area (TPSA) is 46.4 Å². The van der Waals surface area contributed by atoms with Gasteiger partial charge in [-0.3, -0.25) is 4.79 Å². The zero-order chi connectivity index (χ0) is 19.0. The lowest BCUT2D eigenvalue weighted by Crippen LogP contribution is -2.12. The van der Waals surface area contributed by atoms with E-state index in [9.17, 15) is 4.79 Å². The number of carbonyl (C=O) groups excluding carboxylic acids is 1. The lowest BCUT2D eigenvalue weighted by atomic mass is 10.1. The van der Waals surface area contributed by atoms with Gasteiger partial charge in [0.25, 0.3) is 5.91 Å². The van der Waals surface area contributed by atoms with Gasteiger partial charge in [0.1, 0.15) is 5.65 Å². The van der Waals surface area contributed by atoms with Crippen molar-refractivity contribution in [3.8, 4) is 11.3 Å². The van der Waals surface area contributed by atoms with Gasteiger partial charge in [-0.15, -0.1) is 0 Å². The van der Waals surface area contributed by atoms with Gasteiger partial charge in [-0.1, -0.05) is 41.4 Å². The summed E-state index contributed by atoms with van der Waals surface area (Å²) in [6.07, 6.45) is 3.96. The Hall–Kier alpha value is -2.82. The maximum Gasteiger partial charge on any atom is 0.257 e. The van der Waals surface area contributed by atoms with Crippen LogP contribution in [0.15, 0.2) is 67.0 Å². The first-order valence-electron chi connectivity index (χ1n) is 8.32. The fraction of sp³-hybridized carbons (Fsp3) is 0.0476. The number of aromatic nitrogens is 2. The summed E-state index contributed by atoms with van der Waals surface area (Å²) in [6, 6.07) is 16.4. The van der Waals surface area contributed by atoms with Crippen LogP contribution in [0.25, 0.3) is 16.9 Å². The first-order valence-corrected chi connectivity index (χ1v) is 9.08. The predicted octanol–water partition coefficient (Wildman–Crippen LogP) is 5.87. The van der Waals surface area contributed by atoms with Crippen LogP contribution < -0.4 is 5.32 Å². The van der Waals surface area contributed by atoms with Crippen LogP contribution in [-0.4, -0.2) is 15.3 Å². The Morgan fingerprint density at radius 2 is 1.85 bits per heavy atom. The molecule has 6 heteroatoms. The fourth-order valence-corrected chi connectivity index (χ4v) is 3.38. The molecule has 1 amide bonds. The highest BCUT2D eigenvalue weighted by molar-refractivity contribution is 6.37. The number of halogens is 2. The molecular weight excluding hydrogens is 381 g/mol. The van der Waals surface area contributed by atoms with Gasteiger partial charge in [-0.25, -0.2) is 4.98 Å². The number of hydrogen-bond acceptors (Lipinski definition) is 2. The number of carbonyl (C=O) groups is 1. The zero-order valence-corrected chi connectivity index (χ0v) is 15.9. The molecule has 0 aliphatic heterocycles. The molecule has 2 aromatic heterocycles. The van der Waals surface area contributed by atoms with Crippen LogP contribution in [0.1, 0.15) is 15.9 Å². The highest BCUT2D eigenvalue weighted by Gasteiger charge is 2.11. The molecule has 4 nitrogen and oxygen atoms in total. The standard InChI is InChI=1S/C21H15Cl2N3O/c1-13-3-2-10-26-12-19(25-20(13)26)14-4-7-16(8-5-14)24-21(27)17-9-6-15(22)11-18(17)23/h2-12H,1H3,(H,24,27). The van der Waals surface area contributed by atoms with Crippen LogP contribution in [0.4, 0.5) is 5.69 Å². The number of imidazole rings is 1. The lowest BCUT2D eigenvalue weighted by molar-refractivity contribution is 0.102. The Morgan fingerprint density at radius 3 is 2.56 bits per heavy atom. The molecule has 2 aromatic carbocycles. The van der Waals surface area contributed by atoms with Gasteiger partial charge in [-0.2, -0.15) is 0 Å². The summed E-state index contributed by atoms with van der Waals surface area (Å²) in [7, 11) is 0. The quantitative estimate of drug-likeness (QED) is 0.471. The van der Waals surface area contributed by atoms with Crippen LogP contribution in [-0.2, 0) is 0 Å². The van der Waals surface area contributed by atoms with E-state index in [1.165, 1.54) is 0 Å². The second-order valence-corrected chi connectivity index (χ2v) is 7.05. The number of fused-ring (bicyclic) bond motifs is 1. The third kappa shape index (κ3) is 3.54. The van der Waals surface area contributed by atoms with Gasteiger partial charge >= 0.3 is 0 Å². The summed E-state index contributed by atoms with van der Waals surface area (Å²) in [5, 5.41) is 3.65. The molecule has 0 fully saturated rings. The highest BCUT2D eigenvalue weighted by atomic mass is 35.5. The average Bonchev–Trinajstić information content (AvgIpc) is 3.08. The van der Waals surface area contributed by atoms with E-state index in [4.69, 9.17) is 23.2 Å². The highest BCUT2D eigenvalue weighted by Crippen LogP contribution is 2.24. The van der Waals surface area contributed by atoms with E-state index >= 15 is 0 Å². The molecule has 4 rings (SSSR count). The fourth-order valence-electron chi connectivity index (χ4n) is 2.89. The van der Waals surface area contributed by atoms with E-state index in [2.05, 4.69) is 10.3 Å². The van der Waals surface area contributed by atoms with Crippen LogP contribution >= 0.6 is 23.2 Å². The number of anilines is 1. The molecule has 1 N–H and O–H groups in total. The minimum Gasteiger partial charge on any atom is -0.322 e. The van der Waals surface area contributed by atoms with Crippen LogP contribution in [0.5, 0.6) is 0 Å². The molecule has 0 aliphatic carbocycles. The Bertz CT molecular complexity index is 1150.